The maximum Gasteiger partial charge on any atom is 0.339 e. The first-order valence-electron chi connectivity index (χ1n) is 9.28. The Morgan fingerprint density at radius 2 is 1.80 bits per heavy atom. The molecule has 2 aromatic rings. The minimum atomic E-state index is -4.01. The van der Waals surface area contributed by atoms with Crippen LogP contribution in [0.1, 0.15) is 25.0 Å². The van der Waals surface area contributed by atoms with Crippen LogP contribution in [0, 0.1) is 6.92 Å². The lowest BCUT2D eigenvalue weighted by Crippen LogP contribution is -2.27. The van der Waals surface area contributed by atoms with E-state index in [1.165, 1.54) is 34.9 Å². The van der Waals surface area contributed by atoms with Crippen molar-refractivity contribution < 1.29 is 22.1 Å². The predicted octanol–water partition coefficient (Wildman–Crippen LogP) is 4.38. The molecule has 0 atom stereocenters. The highest BCUT2D eigenvalue weighted by Gasteiger charge is 2.30. The number of carbonyl (C=O) groups excluding carboxylic acids is 1. The third kappa shape index (κ3) is 4.85. The van der Waals surface area contributed by atoms with E-state index in [0.29, 0.717) is 27.9 Å². The number of aryl methyl sites for hydroxylation is 1. The molecule has 6 nitrogen and oxygen atoms in total. The van der Waals surface area contributed by atoms with Crippen molar-refractivity contribution in [3.63, 3.8) is 0 Å². The zero-order chi connectivity index (χ0) is 21.9. The molecule has 3 rings (SSSR count). The van der Waals surface area contributed by atoms with Crippen molar-refractivity contribution >= 4 is 50.4 Å². The summed E-state index contributed by atoms with van der Waals surface area (Å²) in [6.07, 6.45) is 1.70. The number of nitrogens with zero attached hydrogens (tertiary/aromatic N) is 1. The quantitative estimate of drug-likeness (QED) is 0.343. The fraction of sp³-hybridized carbons (Fsp3) is 0.238. The van der Waals surface area contributed by atoms with Crippen molar-refractivity contribution in [2.75, 3.05) is 13.2 Å². The second-order valence-electron chi connectivity index (χ2n) is 6.42. The van der Waals surface area contributed by atoms with Gasteiger partial charge in [-0.15, -0.1) is 0 Å². The Labute approximate surface area is 186 Å². The normalized spacial score (nSPS) is 15.7. The number of thiocarbonyl (C=S) groups is 1. The Balaban J connectivity index is 1.91. The van der Waals surface area contributed by atoms with Crippen LogP contribution < -0.4 is 8.92 Å². The zero-order valence-electron chi connectivity index (χ0n) is 16.7. The Morgan fingerprint density at radius 3 is 2.40 bits per heavy atom. The molecule has 1 amide bonds. The SMILES string of the molecule is CCOc1cc(/C=C2/SC(=S)N(CC)C2=O)ccc1OS(=O)(=O)c1ccc(C)cc1. The summed E-state index contributed by atoms with van der Waals surface area (Å²) in [5, 5.41) is 0. The fourth-order valence-corrected chi connectivity index (χ4v) is 5.07. The third-order valence-corrected chi connectivity index (χ3v) is 6.89. The van der Waals surface area contributed by atoms with Crippen LogP contribution in [-0.2, 0) is 14.9 Å². The van der Waals surface area contributed by atoms with Gasteiger partial charge in [-0.1, -0.05) is 47.7 Å². The Morgan fingerprint density at radius 1 is 1.10 bits per heavy atom. The molecule has 2 aromatic carbocycles. The first-order chi connectivity index (χ1) is 14.2. The third-order valence-electron chi connectivity index (χ3n) is 4.26. The minimum Gasteiger partial charge on any atom is -0.490 e. The van der Waals surface area contributed by atoms with Gasteiger partial charge in [0.2, 0.25) is 0 Å². The van der Waals surface area contributed by atoms with Gasteiger partial charge in [0.25, 0.3) is 5.91 Å². The topological polar surface area (TPSA) is 72.9 Å². The van der Waals surface area contributed by atoms with E-state index in [2.05, 4.69) is 0 Å². The van der Waals surface area contributed by atoms with E-state index in [1.807, 2.05) is 13.8 Å². The Kier molecular flexibility index (Phi) is 6.84. The summed E-state index contributed by atoms with van der Waals surface area (Å²) in [5.41, 5.74) is 1.62. The highest BCUT2D eigenvalue weighted by Crippen LogP contribution is 2.35. The smallest absolute Gasteiger partial charge is 0.339 e. The number of carbonyl (C=O) groups is 1. The molecule has 1 aliphatic rings. The number of ether oxygens (including phenoxy) is 1. The lowest BCUT2D eigenvalue weighted by molar-refractivity contribution is -0.121. The van der Waals surface area contributed by atoms with Crippen LogP contribution in [0.5, 0.6) is 11.5 Å². The average Bonchev–Trinajstić information content (AvgIpc) is 2.96. The predicted molar refractivity (Wildman–Crippen MR) is 122 cm³/mol. The molecule has 1 saturated heterocycles. The van der Waals surface area contributed by atoms with Crippen molar-refractivity contribution in [1.82, 2.24) is 4.90 Å². The lowest BCUT2D eigenvalue weighted by Gasteiger charge is -2.13. The van der Waals surface area contributed by atoms with Gasteiger partial charge in [-0.2, -0.15) is 8.42 Å². The highest BCUT2D eigenvalue weighted by molar-refractivity contribution is 8.26. The maximum absolute atomic E-state index is 12.6. The minimum absolute atomic E-state index is 0.0582. The highest BCUT2D eigenvalue weighted by atomic mass is 32.2. The van der Waals surface area contributed by atoms with Gasteiger partial charge >= 0.3 is 10.1 Å². The van der Waals surface area contributed by atoms with E-state index in [-0.39, 0.29) is 22.3 Å². The molecule has 0 spiro atoms. The number of benzene rings is 2. The molecule has 0 bridgehead atoms. The second-order valence-corrected chi connectivity index (χ2v) is 9.64. The van der Waals surface area contributed by atoms with Gasteiger partial charge in [-0.3, -0.25) is 9.69 Å². The fourth-order valence-electron chi connectivity index (χ4n) is 2.75. The summed E-state index contributed by atoms with van der Waals surface area (Å²) in [5.74, 6) is 0.205. The van der Waals surface area contributed by atoms with Crippen LogP contribution in [0.2, 0.25) is 0 Å². The van der Waals surface area contributed by atoms with E-state index in [1.54, 1.807) is 37.3 Å². The van der Waals surface area contributed by atoms with Gasteiger partial charge in [0.05, 0.1) is 11.5 Å². The number of amides is 1. The Bertz CT molecular complexity index is 1110. The first kappa shape index (κ1) is 22.3. The molecule has 0 saturated carbocycles. The molecule has 9 heteroatoms. The molecule has 30 heavy (non-hydrogen) atoms. The molecule has 0 aliphatic carbocycles. The first-order valence-corrected chi connectivity index (χ1v) is 11.9. The number of hydrogen-bond donors (Lipinski definition) is 0. The Hall–Kier alpha value is -2.36. The molecule has 1 heterocycles. The monoisotopic (exact) mass is 463 g/mol. The van der Waals surface area contributed by atoms with Crippen LogP contribution >= 0.6 is 24.0 Å². The number of hydrogen-bond acceptors (Lipinski definition) is 7. The summed E-state index contributed by atoms with van der Waals surface area (Å²) in [4.78, 5) is 14.5. The van der Waals surface area contributed by atoms with Gasteiger partial charge in [0.15, 0.2) is 11.5 Å². The van der Waals surface area contributed by atoms with E-state index < -0.39 is 10.1 Å². The van der Waals surface area contributed by atoms with Gasteiger partial charge in [0, 0.05) is 6.54 Å². The van der Waals surface area contributed by atoms with Crippen LogP contribution in [0.25, 0.3) is 6.08 Å². The van der Waals surface area contributed by atoms with E-state index in [0.717, 1.165) is 5.56 Å². The van der Waals surface area contributed by atoms with Crippen molar-refractivity contribution in [3.05, 3.63) is 58.5 Å². The van der Waals surface area contributed by atoms with Crippen molar-refractivity contribution in [3.8, 4) is 11.5 Å². The van der Waals surface area contributed by atoms with E-state index in [4.69, 9.17) is 21.1 Å². The molecule has 1 fully saturated rings. The van der Waals surface area contributed by atoms with Gasteiger partial charge in [0.1, 0.15) is 9.22 Å². The van der Waals surface area contributed by atoms with Crippen molar-refractivity contribution in [1.29, 1.82) is 0 Å². The summed E-state index contributed by atoms with van der Waals surface area (Å²) >= 11 is 6.46. The summed E-state index contributed by atoms with van der Waals surface area (Å²) < 4.78 is 36.7. The number of thioether (sulfide) groups is 1. The molecule has 1 aliphatic heterocycles. The molecule has 0 radical (unpaired) electrons. The zero-order valence-corrected chi connectivity index (χ0v) is 19.2. The van der Waals surface area contributed by atoms with Gasteiger partial charge < -0.3 is 8.92 Å². The lowest BCUT2D eigenvalue weighted by atomic mass is 10.2. The largest absolute Gasteiger partial charge is 0.490 e. The average molecular weight is 464 g/mol. The standard InChI is InChI=1S/C21H21NO5S3/c1-4-22-20(23)19(29-21(22)28)13-15-8-11-17(18(12-15)26-5-2)27-30(24,25)16-9-6-14(3)7-10-16/h6-13H,4-5H2,1-3H3/b19-13+. The number of rotatable bonds is 7. The second kappa shape index (κ2) is 9.20. The molecular weight excluding hydrogens is 442 g/mol. The van der Waals surface area contributed by atoms with Crippen molar-refractivity contribution in [2.45, 2.75) is 25.7 Å². The molecule has 0 unspecified atom stereocenters. The van der Waals surface area contributed by atoms with E-state index in [9.17, 15) is 13.2 Å². The molecule has 158 valence electrons. The van der Waals surface area contributed by atoms with Crippen LogP contribution in [0.15, 0.2) is 52.3 Å². The molecular formula is C21H21NO5S3. The summed E-state index contributed by atoms with van der Waals surface area (Å²) in [6.45, 7) is 6.36. The molecule has 0 aromatic heterocycles. The summed E-state index contributed by atoms with van der Waals surface area (Å²) in [6, 6.07) is 11.2. The van der Waals surface area contributed by atoms with Gasteiger partial charge in [-0.05, 0) is 56.7 Å². The van der Waals surface area contributed by atoms with Crippen LogP contribution in [0.3, 0.4) is 0 Å². The van der Waals surface area contributed by atoms with Crippen LogP contribution in [-0.4, -0.2) is 36.7 Å². The number of likely N-dealkylation sites (N-methyl/N-ethyl adjacent to an activating group) is 1. The van der Waals surface area contributed by atoms with Crippen molar-refractivity contribution in [2.24, 2.45) is 0 Å². The van der Waals surface area contributed by atoms with Gasteiger partial charge in [-0.25, -0.2) is 0 Å². The molecule has 0 N–H and O–H groups in total. The van der Waals surface area contributed by atoms with Crippen LogP contribution in [0.4, 0.5) is 0 Å². The summed E-state index contributed by atoms with van der Waals surface area (Å²) in [7, 11) is -4.01. The van der Waals surface area contributed by atoms with E-state index >= 15 is 0 Å². The maximum atomic E-state index is 12.6.